The van der Waals surface area contributed by atoms with E-state index in [0.29, 0.717) is 45.0 Å². The predicted molar refractivity (Wildman–Crippen MR) is 131 cm³/mol. The molecule has 7 nitrogen and oxygen atoms in total. The normalized spacial score (nSPS) is 16.7. The van der Waals surface area contributed by atoms with Gasteiger partial charge >= 0.3 is 0 Å². The Bertz CT molecular complexity index is 1280. The molecular weight excluding hydrogens is 436 g/mol. The van der Waals surface area contributed by atoms with Gasteiger partial charge in [-0.05, 0) is 54.8 Å². The van der Waals surface area contributed by atoms with Crippen LogP contribution in [0.3, 0.4) is 0 Å². The number of aryl methyl sites for hydroxylation is 1. The van der Waals surface area contributed by atoms with Crippen LogP contribution in [0.2, 0.25) is 0 Å². The highest BCUT2D eigenvalue weighted by Crippen LogP contribution is 2.33. The topological polar surface area (TPSA) is 75.6 Å². The third-order valence-electron chi connectivity index (χ3n) is 6.47. The maximum atomic E-state index is 12.6. The number of benzene rings is 2. The van der Waals surface area contributed by atoms with Crippen molar-refractivity contribution < 1.29 is 13.2 Å². The molecule has 1 aromatic heterocycles. The summed E-state index contributed by atoms with van der Waals surface area (Å²) >= 11 is 0. The number of nitrogens with zero attached hydrogens (tertiary/aromatic N) is 4. The number of hydrogen-bond acceptors (Lipinski definition) is 6. The molecule has 0 aliphatic carbocycles. The molecule has 0 spiro atoms. The van der Waals surface area contributed by atoms with Crippen LogP contribution in [0.15, 0.2) is 36.4 Å². The number of piperazine rings is 1. The van der Waals surface area contributed by atoms with Gasteiger partial charge in [0.1, 0.15) is 11.6 Å². The van der Waals surface area contributed by atoms with Crippen molar-refractivity contribution in [3.05, 3.63) is 47.5 Å². The highest BCUT2D eigenvalue weighted by atomic mass is 32.2. The molecule has 0 unspecified atom stereocenters. The SMILES string of the molecule is CCCCS(=O)(=O)N1CCN(c2nc(-c3ccc4c(c3)CCO4)nc3cc(C)ccc23)CC1. The minimum atomic E-state index is -3.19. The van der Waals surface area contributed by atoms with Crippen LogP contribution in [0.4, 0.5) is 5.82 Å². The number of aromatic nitrogens is 2. The number of anilines is 1. The Labute approximate surface area is 195 Å². The highest BCUT2D eigenvalue weighted by Gasteiger charge is 2.28. The van der Waals surface area contributed by atoms with Gasteiger partial charge in [-0.3, -0.25) is 0 Å². The lowest BCUT2D eigenvalue weighted by molar-refractivity contribution is 0.357. The van der Waals surface area contributed by atoms with E-state index in [1.807, 2.05) is 19.1 Å². The van der Waals surface area contributed by atoms with E-state index >= 15 is 0 Å². The van der Waals surface area contributed by atoms with E-state index in [9.17, 15) is 8.42 Å². The molecule has 0 N–H and O–H groups in total. The van der Waals surface area contributed by atoms with Gasteiger partial charge in [0.05, 0.1) is 17.9 Å². The van der Waals surface area contributed by atoms with E-state index in [1.54, 1.807) is 4.31 Å². The predicted octanol–water partition coefficient (Wildman–Crippen LogP) is 3.79. The second-order valence-electron chi connectivity index (χ2n) is 8.87. The van der Waals surface area contributed by atoms with Gasteiger partial charge in [0.25, 0.3) is 0 Å². The monoisotopic (exact) mass is 466 g/mol. The second-order valence-corrected chi connectivity index (χ2v) is 11.0. The molecule has 0 atom stereocenters. The highest BCUT2D eigenvalue weighted by molar-refractivity contribution is 7.89. The summed E-state index contributed by atoms with van der Waals surface area (Å²) in [5.74, 6) is 2.73. The molecule has 0 bridgehead atoms. The van der Waals surface area contributed by atoms with Crippen LogP contribution in [0.5, 0.6) is 5.75 Å². The van der Waals surface area contributed by atoms with E-state index in [0.717, 1.165) is 46.4 Å². The van der Waals surface area contributed by atoms with Crippen molar-refractivity contribution in [2.45, 2.75) is 33.1 Å². The molecule has 0 amide bonds. The molecule has 3 aromatic rings. The summed E-state index contributed by atoms with van der Waals surface area (Å²) in [6.07, 6.45) is 2.48. The summed E-state index contributed by atoms with van der Waals surface area (Å²) in [5, 5.41) is 0.996. The molecule has 8 heteroatoms. The molecule has 174 valence electrons. The van der Waals surface area contributed by atoms with Gasteiger partial charge < -0.3 is 9.64 Å². The van der Waals surface area contributed by atoms with Gasteiger partial charge in [0.2, 0.25) is 10.0 Å². The lowest BCUT2D eigenvalue weighted by atomic mass is 10.1. The van der Waals surface area contributed by atoms with E-state index in [-0.39, 0.29) is 5.75 Å². The first-order chi connectivity index (χ1) is 15.9. The number of unbranched alkanes of at least 4 members (excludes halogenated alkanes) is 1. The van der Waals surface area contributed by atoms with E-state index in [1.165, 1.54) is 5.56 Å². The summed E-state index contributed by atoms with van der Waals surface area (Å²) in [7, 11) is -3.19. The van der Waals surface area contributed by atoms with Gasteiger partial charge in [-0.2, -0.15) is 4.31 Å². The zero-order valence-electron chi connectivity index (χ0n) is 19.2. The largest absolute Gasteiger partial charge is 0.493 e. The third kappa shape index (κ3) is 4.42. The number of ether oxygens (including phenoxy) is 1. The van der Waals surface area contributed by atoms with E-state index in [2.05, 4.69) is 36.1 Å². The van der Waals surface area contributed by atoms with Crippen LogP contribution in [0, 0.1) is 6.92 Å². The van der Waals surface area contributed by atoms with Crippen LogP contribution in [0.1, 0.15) is 30.9 Å². The molecule has 2 aliphatic heterocycles. The molecule has 3 heterocycles. The van der Waals surface area contributed by atoms with Crippen molar-refractivity contribution in [1.82, 2.24) is 14.3 Å². The maximum Gasteiger partial charge on any atom is 0.214 e. The first-order valence-electron chi connectivity index (χ1n) is 11.7. The van der Waals surface area contributed by atoms with Crippen molar-refractivity contribution in [2.75, 3.05) is 43.4 Å². The Kier molecular flexibility index (Phi) is 5.97. The summed E-state index contributed by atoms with van der Waals surface area (Å²) < 4.78 is 32.6. The molecule has 5 rings (SSSR count). The van der Waals surface area contributed by atoms with Gasteiger partial charge in [-0.25, -0.2) is 18.4 Å². The quantitative estimate of drug-likeness (QED) is 0.550. The van der Waals surface area contributed by atoms with Crippen molar-refractivity contribution in [1.29, 1.82) is 0 Å². The lowest BCUT2D eigenvalue weighted by Crippen LogP contribution is -2.49. The average Bonchev–Trinajstić information content (AvgIpc) is 3.30. The molecule has 1 saturated heterocycles. The molecule has 33 heavy (non-hydrogen) atoms. The number of rotatable bonds is 6. The fourth-order valence-corrected chi connectivity index (χ4v) is 6.18. The van der Waals surface area contributed by atoms with E-state index < -0.39 is 10.0 Å². The van der Waals surface area contributed by atoms with Crippen molar-refractivity contribution in [3.63, 3.8) is 0 Å². The van der Waals surface area contributed by atoms with Crippen LogP contribution >= 0.6 is 0 Å². The number of hydrogen-bond donors (Lipinski definition) is 0. The Balaban J connectivity index is 1.48. The Hall–Kier alpha value is -2.71. The molecule has 1 fully saturated rings. The summed E-state index contributed by atoms with van der Waals surface area (Å²) in [6.45, 7) is 6.98. The van der Waals surface area contributed by atoms with Crippen molar-refractivity contribution in [2.24, 2.45) is 0 Å². The molecule has 2 aliphatic rings. The zero-order chi connectivity index (χ0) is 23.0. The average molecular weight is 467 g/mol. The first-order valence-corrected chi connectivity index (χ1v) is 13.3. The van der Waals surface area contributed by atoms with Crippen molar-refractivity contribution >= 4 is 26.7 Å². The molecular formula is C25H30N4O3S. The van der Waals surface area contributed by atoms with Crippen LogP contribution in [-0.2, 0) is 16.4 Å². The summed E-state index contributed by atoms with van der Waals surface area (Å²) in [5.41, 5.74) is 4.22. The van der Waals surface area contributed by atoms with E-state index in [4.69, 9.17) is 14.7 Å². The Morgan fingerprint density at radius 2 is 1.85 bits per heavy atom. The van der Waals surface area contributed by atoms with Gasteiger partial charge in [0.15, 0.2) is 5.82 Å². The molecule has 0 saturated carbocycles. The Morgan fingerprint density at radius 1 is 1.03 bits per heavy atom. The van der Waals surface area contributed by atoms with Crippen LogP contribution in [-0.4, -0.2) is 61.2 Å². The smallest absolute Gasteiger partial charge is 0.214 e. The zero-order valence-corrected chi connectivity index (χ0v) is 20.1. The second kappa shape index (κ2) is 8.91. The van der Waals surface area contributed by atoms with Crippen LogP contribution < -0.4 is 9.64 Å². The number of fused-ring (bicyclic) bond motifs is 2. The number of sulfonamides is 1. The first kappa shape index (κ1) is 22.1. The molecule has 0 radical (unpaired) electrons. The van der Waals surface area contributed by atoms with Crippen molar-refractivity contribution in [3.8, 4) is 17.1 Å². The minimum absolute atomic E-state index is 0.228. The maximum absolute atomic E-state index is 12.6. The summed E-state index contributed by atoms with van der Waals surface area (Å²) in [6, 6.07) is 12.4. The fourth-order valence-electron chi connectivity index (χ4n) is 4.55. The fraction of sp³-hybridized carbons (Fsp3) is 0.440. The van der Waals surface area contributed by atoms with Crippen LogP contribution in [0.25, 0.3) is 22.3 Å². The standard InChI is InChI=1S/C25H30N4O3S/c1-3-4-15-33(30,31)29-12-10-28(11-13-29)25-21-7-5-18(2)16-22(21)26-24(27-25)20-6-8-23-19(17-20)9-14-32-23/h5-8,16-17H,3-4,9-15H2,1-2H3. The van der Waals surface area contributed by atoms with Gasteiger partial charge in [-0.15, -0.1) is 0 Å². The lowest BCUT2D eigenvalue weighted by Gasteiger charge is -2.35. The molecule has 2 aromatic carbocycles. The third-order valence-corrected chi connectivity index (χ3v) is 8.42. The van der Waals surface area contributed by atoms with Gasteiger partial charge in [0, 0.05) is 43.5 Å². The minimum Gasteiger partial charge on any atom is -0.493 e. The summed E-state index contributed by atoms with van der Waals surface area (Å²) in [4.78, 5) is 12.1. The Morgan fingerprint density at radius 3 is 2.64 bits per heavy atom. The van der Waals surface area contributed by atoms with Gasteiger partial charge in [-0.1, -0.05) is 19.4 Å².